The number of nitrogens with one attached hydrogen (secondary N) is 1. The number of fused-ring (bicyclic) bond motifs is 1. The molecule has 0 radical (unpaired) electrons. The minimum atomic E-state index is 0.610. The second-order valence-corrected chi connectivity index (χ2v) is 4.64. The summed E-state index contributed by atoms with van der Waals surface area (Å²) in [4.78, 5) is 0. The van der Waals surface area contributed by atoms with Crippen LogP contribution in [-0.2, 0) is 6.42 Å². The molecule has 0 spiro atoms. The predicted octanol–water partition coefficient (Wildman–Crippen LogP) is 3.04. The summed E-state index contributed by atoms with van der Waals surface area (Å²) in [5, 5.41) is 4.78. The zero-order chi connectivity index (χ0) is 11.0. The van der Waals surface area contributed by atoms with E-state index >= 15 is 0 Å². The Hall–Kier alpha value is -1.28. The SMILES string of the molecule is Cc1c(CC2CCCN2)oc2ccccc12. The van der Waals surface area contributed by atoms with Gasteiger partial charge in [0.25, 0.3) is 0 Å². The highest BCUT2D eigenvalue weighted by Crippen LogP contribution is 2.26. The van der Waals surface area contributed by atoms with Gasteiger partial charge in [-0.2, -0.15) is 0 Å². The number of para-hydroxylation sites is 1. The van der Waals surface area contributed by atoms with Gasteiger partial charge in [0.1, 0.15) is 11.3 Å². The highest BCUT2D eigenvalue weighted by Gasteiger charge is 2.18. The Morgan fingerprint density at radius 1 is 1.38 bits per heavy atom. The van der Waals surface area contributed by atoms with Crippen LogP contribution in [-0.4, -0.2) is 12.6 Å². The highest BCUT2D eigenvalue weighted by molar-refractivity contribution is 5.81. The Kier molecular flexibility index (Phi) is 2.44. The molecule has 0 aliphatic carbocycles. The summed E-state index contributed by atoms with van der Waals surface area (Å²) in [7, 11) is 0. The van der Waals surface area contributed by atoms with E-state index in [1.165, 1.54) is 23.8 Å². The summed E-state index contributed by atoms with van der Waals surface area (Å²) in [6.45, 7) is 3.32. The first-order chi connectivity index (χ1) is 7.84. The molecule has 0 amide bonds. The van der Waals surface area contributed by atoms with E-state index in [1.807, 2.05) is 12.1 Å². The molecule has 1 aromatic heterocycles. The molecule has 3 rings (SSSR count). The first-order valence-electron chi connectivity index (χ1n) is 6.05. The van der Waals surface area contributed by atoms with Gasteiger partial charge in [-0.1, -0.05) is 18.2 Å². The molecule has 1 fully saturated rings. The van der Waals surface area contributed by atoms with Crippen LogP contribution in [0.5, 0.6) is 0 Å². The maximum atomic E-state index is 5.92. The van der Waals surface area contributed by atoms with Crippen molar-refractivity contribution in [3.63, 3.8) is 0 Å². The zero-order valence-electron chi connectivity index (χ0n) is 9.62. The Balaban J connectivity index is 1.94. The normalized spacial score (nSPS) is 20.7. The molecule has 84 valence electrons. The van der Waals surface area contributed by atoms with E-state index in [2.05, 4.69) is 24.4 Å². The molecular weight excluding hydrogens is 198 g/mol. The molecule has 0 saturated carbocycles. The van der Waals surface area contributed by atoms with Gasteiger partial charge < -0.3 is 9.73 Å². The molecule has 2 heterocycles. The standard InChI is InChI=1S/C14H17NO/c1-10-12-6-2-3-7-13(12)16-14(10)9-11-5-4-8-15-11/h2-3,6-7,11,15H,4-5,8-9H2,1H3. The molecule has 16 heavy (non-hydrogen) atoms. The van der Waals surface area contributed by atoms with Crippen molar-refractivity contribution in [3.05, 3.63) is 35.6 Å². The number of aryl methyl sites for hydroxylation is 1. The van der Waals surface area contributed by atoms with Crippen LogP contribution in [0.2, 0.25) is 0 Å². The lowest BCUT2D eigenvalue weighted by molar-refractivity contribution is 0.491. The number of benzene rings is 1. The third kappa shape index (κ3) is 1.63. The maximum Gasteiger partial charge on any atom is 0.134 e. The van der Waals surface area contributed by atoms with Crippen molar-refractivity contribution in [2.75, 3.05) is 6.54 Å². The van der Waals surface area contributed by atoms with Crippen LogP contribution in [0.15, 0.2) is 28.7 Å². The number of hydrogen-bond donors (Lipinski definition) is 1. The van der Waals surface area contributed by atoms with E-state index < -0.39 is 0 Å². The fourth-order valence-corrected chi connectivity index (χ4v) is 2.57. The zero-order valence-corrected chi connectivity index (χ0v) is 9.62. The van der Waals surface area contributed by atoms with Crippen molar-refractivity contribution in [2.24, 2.45) is 0 Å². The number of furan rings is 1. The highest BCUT2D eigenvalue weighted by atomic mass is 16.3. The molecular formula is C14H17NO. The Bertz CT molecular complexity index is 494. The van der Waals surface area contributed by atoms with Crippen LogP contribution in [0.1, 0.15) is 24.2 Å². The molecule has 2 heteroatoms. The van der Waals surface area contributed by atoms with Crippen LogP contribution < -0.4 is 5.32 Å². The first-order valence-corrected chi connectivity index (χ1v) is 6.05. The van der Waals surface area contributed by atoms with Crippen molar-refractivity contribution in [1.29, 1.82) is 0 Å². The van der Waals surface area contributed by atoms with E-state index in [9.17, 15) is 0 Å². The third-order valence-corrected chi connectivity index (χ3v) is 3.54. The third-order valence-electron chi connectivity index (χ3n) is 3.54. The van der Waals surface area contributed by atoms with Crippen molar-refractivity contribution < 1.29 is 4.42 Å². The summed E-state index contributed by atoms with van der Waals surface area (Å²) in [5.74, 6) is 1.15. The van der Waals surface area contributed by atoms with Crippen LogP contribution in [0.4, 0.5) is 0 Å². The molecule has 2 aromatic rings. The van der Waals surface area contributed by atoms with Gasteiger partial charge in [0.15, 0.2) is 0 Å². The molecule has 1 atom stereocenters. The van der Waals surface area contributed by atoms with Gasteiger partial charge in [-0.25, -0.2) is 0 Å². The molecule has 1 saturated heterocycles. The van der Waals surface area contributed by atoms with Gasteiger partial charge in [-0.05, 0) is 37.9 Å². The number of rotatable bonds is 2. The largest absolute Gasteiger partial charge is 0.461 e. The molecule has 1 aliphatic heterocycles. The van der Waals surface area contributed by atoms with Crippen molar-refractivity contribution >= 4 is 11.0 Å². The summed E-state index contributed by atoms with van der Waals surface area (Å²) in [6, 6.07) is 8.90. The summed E-state index contributed by atoms with van der Waals surface area (Å²) >= 11 is 0. The molecule has 1 aromatic carbocycles. The molecule has 0 bridgehead atoms. The minimum absolute atomic E-state index is 0.610. The Morgan fingerprint density at radius 3 is 3.00 bits per heavy atom. The minimum Gasteiger partial charge on any atom is -0.461 e. The molecule has 1 aliphatic rings. The van der Waals surface area contributed by atoms with Crippen molar-refractivity contribution in [2.45, 2.75) is 32.2 Å². The fraction of sp³-hybridized carbons (Fsp3) is 0.429. The number of hydrogen-bond acceptors (Lipinski definition) is 2. The van der Waals surface area contributed by atoms with Crippen molar-refractivity contribution in [3.8, 4) is 0 Å². The van der Waals surface area contributed by atoms with Crippen molar-refractivity contribution in [1.82, 2.24) is 5.32 Å². The second kappa shape index (κ2) is 3.95. The topological polar surface area (TPSA) is 25.2 Å². The summed E-state index contributed by atoms with van der Waals surface area (Å²) in [6.07, 6.45) is 3.60. The lowest BCUT2D eigenvalue weighted by atomic mass is 10.1. The average molecular weight is 215 g/mol. The van der Waals surface area contributed by atoms with E-state index in [0.717, 1.165) is 24.3 Å². The predicted molar refractivity (Wildman–Crippen MR) is 65.7 cm³/mol. The van der Waals surface area contributed by atoms with E-state index in [4.69, 9.17) is 4.42 Å². The van der Waals surface area contributed by atoms with Gasteiger partial charge in [-0.3, -0.25) is 0 Å². The van der Waals surface area contributed by atoms with Gasteiger partial charge in [-0.15, -0.1) is 0 Å². The summed E-state index contributed by atoms with van der Waals surface area (Å²) < 4.78 is 5.92. The monoisotopic (exact) mass is 215 g/mol. The molecule has 2 nitrogen and oxygen atoms in total. The van der Waals surface area contributed by atoms with E-state index in [1.54, 1.807) is 0 Å². The Labute approximate surface area is 95.6 Å². The summed E-state index contributed by atoms with van der Waals surface area (Å²) in [5.41, 5.74) is 2.33. The maximum absolute atomic E-state index is 5.92. The van der Waals surface area contributed by atoms with Gasteiger partial charge in [0.05, 0.1) is 0 Å². The van der Waals surface area contributed by atoms with E-state index in [-0.39, 0.29) is 0 Å². The van der Waals surface area contributed by atoms with Crippen LogP contribution in [0.25, 0.3) is 11.0 Å². The lowest BCUT2D eigenvalue weighted by Crippen LogP contribution is -2.23. The molecule has 1 N–H and O–H groups in total. The first kappa shape index (κ1) is 9.91. The Morgan fingerprint density at radius 2 is 2.25 bits per heavy atom. The van der Waals surface area contributed by atoms with Gasteiger partial charge in [0, 0.05) is 17.8 Å². The smallest absolute Gasteiger partial charge is 0.134 e. The second-order valence-electron chi connectivity index (χ2n) is 4.64. The quantitative estimate of drug-likeness (QED) is 0.833. The van der Waals surface area contributed by atoms with Crippen LogP contribution in [0.3, 0.4) is 0 Å². The van der Waals surface area contributed by atoms with Crippen LogP contribution >= 0.6 is 0 Å². The van der Waals surface area contributed by atoms with Gasteiger partial charge in [0.2, 0.25) is 0 Å². The molecule has 1 unspecified atom stereocenters. The van der Waals surface area contributed by atoms with E-state index in [0.29, 0.717) is 6.04 Å². The van der Waals surface area contributed by atoms with Gasteiger partial charge >= 0.3 is 0 Å². The lowest BCUT2D eigenvalue weighted by Gasteiger charge is -2.07. The van der Waals surface area contributed by atoms with Crippen LogP contribution in [0, 0.1) is 6.92 Å². The fourth-order valence-electron chi connectivity index (χ4n) is 2.57. The average Bonchev–Trinajstić information content (AvgIpc) is 2.90.